The lowest BCUT2D eigenvalue weighted by Gasteiger charge is -2.11. The van der Waals surface area contributed by atoms with Gasteiger partial charge in [0.1, 0.15) is 5.75 Å². The largest absolute Gasteiger partial charge is 0.573 e. The summed E-state index contributed by atoms with van der Waals surface area (Å²) in [5, 5.41) is 0. The van der Waals surface area contributed by atoms with Gasteiger partial charge in [-0.05, 0) is 30.3 Å². The zero-order valence-corrected chi connectivity index (χ0v) is 14.0. The summed E-state index contributed by atoms with van der Waals surface area (Å²) in [4.78, 5) is 15.0. The number of benzene rings is 1. The molecule has 2 aromatic rings. The molecule has 1 unspecified atom stereocenters. The van der Waals surface area contributed by atoms with Crippen molar-refractivity contribution in [1.82, 2.24) is 4.98 Å². The van der Waals surface area contributed by atoms with E-state index in [4.69, 9.17) is 5.73 Å². The number of rotatable bonds is 6. The standard InChI is InChI=1S/C15H13F3N2O5S/c1-24-14(19)13(21)9-6-12(8-20-7-9)26(22,23)11-4-2-10(3-5-11)25-15(16,17)18/h2-8,14H,19H2,1H3. The van der Waals surface area contributed by atoms with Crippen LogP contribution in [0.5, 0.6) is 5.75 Å². The van der Waals surface area contributed by atoms with Gasteiger partial charge in [0, 0.05) is 25.1 Å². The number of aromatic nitrogens is 1. The number of ether oxygens (including phenoxy) is 2. The number of hydrogen-bond acceptors (Lipinski definition) is 7. The lowest BCUT2D eigenvalue weighted by atomic mass is 10.2. The molecule has 1 aromatic heterocycles. The fourth-order valence-electron chi connectivity index (χ4n) is 1.93. The normalized spacial score (nSPS) is 13.3. The molecular formula is C15H13F3N2O5S. The number of pyridine rings is 1. The molecule has 1 aromatic carbocycles. The average Bonchev–Trinajstić information content (AvgIpc) is 2.59. The lowest BCUT2D eigenvalue weighted by Crippen LogP contribution is -2.32. The number of sulfone groups is 1. The Morgan fingerprint density at radius 1 is 1.15 bits per heavy atom. The maximum atomic E-state index is 12.6. The number of halogens is 3. The van der Waals surface area contributed by atoms with Gasteiger partial charge in [0.05, 0.1) is 9.79 Å². The number of methoxy groups -OCH3 is 1. The van der Waals surface area contributed by atoms with Crippen LogP contribution < -0.4 is 10.5 Å². The quantitative estimate of drug-likeness (QED) is 0.593. The molecule has 0 bridgehead atoms. The van der Waals surface area contributed by atoms with Gasteiger partial charge in [0.15, 0.2) is 6.23 Å². The second-order valence-electron chi connectivity index (χ2n) is 4.95. The summed E-state index contributed by atoms with van der Waals surface area (Å²) in [7, 11) is -2.91. The van der Waals surface area contributed by atoms with Crippen molar-refractivity contribution in [2.24, 2.45) is 5.73 Å². The van der Waals surface area contributed by atoms with Crippen LogP contribution in [0.1, 0.15) is 10.4 Å². The highest BCUT2D eigenvalue weighted by molar-refractivity contribution is 7.91. The molecule has 2 rings (SSSR count). The van der Waals surface area contributed by atoms with E-state index in [1.807, 2.05) is 0 Å². The smallest absolute Gasteiger partial charge is 0.406 e. The molecule has 1 atom stereocenters. The Kier molecular flexibility index (Phi) is 5.64. The van der Waals surface area contributed by atoms with Crippen molar-refractivity contribution in [3.8, 4) is 5.75 Å². The third-order valence-corrected chi connectivity index (χ3v) is 4.92. The molecule has 1 heterocycles. The SMILES string of the molecule is COC(N)C(=O)c1cncc(S(=O)(=O)c2ccc(OC(F)(F)F)cc2)c1. The number of nitrogens with zero attached hydrogens (tertiary/aromatic N) is 1. The molecule has 0 amide bonds. The van der Waals surface area contributed by atoms with E-state index in [0.717, 1.165) is 42.7 Å². The third kappa shape index (κ3) is 4.56. The molecule has 7 nitrogen and oxygen atoms in total. The predicted octanol–water partition coefficient (Wildman–Crippen LogP) is 1.93. The number of alkyl halides is 3. The molecule has 0 spiro atoms. The van der Waals surface area contributed by atoms with Gasteiger partial charge in [-0.1, -0.05) is 0 Å². The van der Waals surface area contributed by atoms with Crippen LogP contribution in [0.4, 0.5) is 13.2 Å². The van der Waals surface area contributed by atoms with Crippen LogP contribution in [0.2, 0.25) is 0 Å². The molecule has 140 valence electrons. The maximum Gasteiger partial charge on any atom is 0.573 e. The van der Waals surface area contributed by atoms with Gasteiger partial charge in [-0.2, -0.15) is 0 Å². The van der Waals surface area contributed by atoms with Gasteiger partial charge < -0.3 is 9.47 Å². The number of carbonyl (C=O) groups excluding carboxylic acids is 1. The number of hydrogen-bond donors (Lipinski definition) is 1. The van der Waals surface area contributed by atoms with Crippen molar-refractivity contribution in [3.05, 3.63) is 48.3 Å². The van der Waals surface area contributed by atoms with E-state index < -0.39 is 34.0 Å². The van der Waals surface area contributed by atoms with Crippen LogP contribution in [0.3, 0.4) is 0 Å². The van der Waals surface area contributed by atoms with Crippen molar-refractivity contribution in [2.45, 2.75) is 22.4 Å². The Labute approximate surface area is 146 Å². The summed E-state index contributed by atoms with van der Waals surface area (Å²) in [6, 6.07) is 4.69. The van der Waals surface area contributed by atoms with E-state index in [1.54, 1.807) is 0 Å². The van der Waals surface area contributed by atoms with Gasteiger partial charge in [-0.15, -0.1) is 13.2 Å². The van der Waals surface area contributed by atoms with Gasteiger partial charge >= 0.3 is 6.36 Å². The van der Waals surface area contributed by atoms with Crippen molar-refractivity contribution in [3.63, 3.8) is 0 Å². The highest BCUT2D eigenvalue weighted by Crippen LogP contribution is 2.26. The van der Waals surface area contributed by atoms with E-state index in [9.17, 15) is 26.4 Å². The van der Waals surface area contributed by atoms with Crippen molar-refractivity contribution in [1.29, 1.82) is 0 Å². The molecule has 11 heteroatoms. The minimum absolute atomic E-state index is 0.0857. The summed E-state index contributed by atoms with van der Waals surface area (Å²) in [5.74, 6) is -1.24. The van der Waals surface area contributed by atoms with Crippen molar-refractivity contribution >= 4 is 15.6 Å². The van der Waals surface area contributed by atoms with Crippen molar-refractivity contribution < 1.29 is 35.9 Å². The number of ketones is 1. The highest BCUT2D eigenvalue weighted by atomic mass is 32.2. The van der Waals surface area contributed by atoms with Gasteiger partial charge in [0.25, 0.3) is 0 Å². The number of nitrogens with two attached hydrogens (primary N) is 1. The Morgan fingerprint density at radius 3 is 2.31 bits per heavy atom. The molecule has 0 aliphatic rings. The second-order valence-corrected chi connectivity index (χ2v) is 6.90. The average molecular weight is 390 g/mol. The van der Waals surface area contributed by atoms with Crippen LogP contribution in [0, 0.1) is 0 Å². The van der Waals surface area contributed by atoms with Gasteiger partial charge in [-0.25, -0.2) is 8.42 Å². The first-order valence-corrected chi connectivity index (χ1v) is 8.41. The molecule has 2 N–H and O–H groups in total. The zero-order chi connectivity index (χ0) is 19.5. The molecule has 0 aliphatic heterocycles. The molecule has 0 saturated carbocycles. The second kappa shape index (κ2) is 7.40. The minimum atomic E-state index is -4.89. The van der Waals surface area contributed by atoms with Crippen LogP contribution in [0.25, 0.3) is 0 Å². The fourth-order valence-corrected chi connectivity index (χ4v) is 3.18. The predicted molar refractivity (Wildman–Crippen MR) is 82.1 cm³/mol. The lowest BCUT2D eigenvalue weighted by molar-refractivity contribution is -0.274. The Hall–Kier alpha value is -2.50. The minimum Gasteiger partial charge on any atom is -0.406 e. The topological polar surface area (TPSA) is 109 Å². The van der Waals surface area contributed by atoms with Crippen molar-refractivity contribution in [2.75, 3.05) is 7.11 Å². The monoisotopic (exact) mass is 390 g/mol. The summed E-state index contributed by atoms with van der Waals surface area (Å²) < 4.78 is 70.0. The first-order valence-electron chi connectivity index (χ1n) is 6.93. The van der Waals surface area contributed by atoms with E-state index in [1.165, 1.54) is 7.11 Å². The summed E-state index contributed by atoms with van der Waals surface area (Å²) in [6.45, 7) is 0. The van der Waals surface area contributed by atoms with Gasteiger partial charge in [-0.3, -0.25) is 15.5 Å². The van der Waals surface area contributed by atoms with E-state index in [-0.39, 0.29) is 15.4 Å². The molecule has 26 heavy (non-hydrogen) atoms. The van der Waals surface area contributed by atoms with E-state index >= 15 is 0 Å². The summed E-state index contributed by atoms with van der Waals surface area (Å²) in [5.41, 5.74) is 5.35. The van der Waals surface area contributed by atoms with Crippen LogP contribution >= 0.6 is 0 Å². The Bertz CT molecular complexity index is 898. The third-order valence-electron chi connectivity index (χ3n) is 3.19. The molecular weight excluding hydrogens is 377 g/mol. The number of Topliss-reactive ketones (excluding diaryl/α,β-unsaturated/α-hetero) is 1. The molecule has 0 saturated heterocycles. The Morgan fingerprint density at radius 2 is 1.77 bits per heavy atom. The first kappa shape index (κ1) is 19.8. The van der Waals surface area contributed by atoms with Crippen LogP contribution in [-0.2, 0) is 14.6 Å². The summed E-state index contributed by atoms with van der Waals surface area (Å²) in [6.07, 6.45) is -4.04. The molecule has 0 radical (unpaired) electrons. The van der Waals surface area contributed by atoms with Crippen LogP contribution in [-0.4, -0.2) is 38.9 Å². The first-order chi connectivity index (χ1) is 12.0. The highest BCUT2D eigenvalue weighted by Gasteiger charge is 2.31. The molecule has 0 aliphatic carbocycles. The van der Waals surface area contributed by atoms with E-state index in [2.05, 4.69) is 14.5 Å². The zero-order valence-electron chi connectivity index (χ0n) is 13.2. The Balaban J connectivity index is 2.34. The molecule has 0 fully saturated rings. The van der Waals surface area contributed by atoms with E-state index in [0.29, 0.717) is 0 Å². The fraction of sp³-hybridized carbons (Fsp3) is 0.200. The van der Waals surface area contributed by atoms with Gasteiger partial charge in [0.2, 0.25) is 15.6 Å². The number of carbonyl (C=O) groups is 1. The maximum absolute atomic E-state index is 12.6. The van der Waals surface area contributed by atoms with Crippen LogP contribution in [0.15, 0.2) is 52.5 Å². The summed E-state index contributed by atoms with van der Waals surface area (Å²) >= 11 is 0.